The largest absolute Gasteiger partial charge is 0.351 e. The highest BCUT2D eigenvalue weighted by molar-refractivity contribution is 7.19. The molecule has 2 nitrogen and oxygen atoms in total. The van der Waals surface area contributed by atoms with Crippen LogP contribution in [0.2, 0.25) is 5.02 Å². The molecule has 3 aromatic rings. The molecular weight excluding hydrogens is 312 g/mol. The molecule has 2 aromatic carbocycles. The van der Waals surface area contributed by atoms with Gasteiger partial charge >= 0.3 is 0 Å². The second-order valence-electron chi connectivity index (χ2n) is 4.63. The Labute approximate surface area is 138 Å². The predicted octanol–water partition coefficient (Wildman–Crippen LogP) is 5.18. The first-order valence-electron chi connectivity index (χ1n) is 6.77. The number of hydrogen-bond acceptors (Lipinski definition) is 3. The number of hydrogen-bond donors (Lipinski definition) is 1. The molecule has 0 saturated heterocycles. The minimum Gasteiger partial charge on any atom is -0.351 e. The van der Waals surface area contributed by atoms with E-state index >= 15 is 0 Å². The predicted molar refractivity (Wildman–Crippen MR) is 95.3 cm³/mol. The van der Waals surface area contributed by atoms with E-state index in [9.17, 15) is 0 Å². The van der Waals surface area contributed by atoms with Crippen molar-refractivity contribution in [1.82, 2.24) is 4.98 Å². The molecule has 0 spiro atoms. The molecule has 0 aliphatic rings. The maximum Gasteiger partial charge on any atom is 0.184 e. The fourth-order valence-electron chi connectivity index (χ4n) is 2.11. The zero-order chi connectivity index (χ0) is 15.4. The summed E-state index contributed by atoms with van der Waals surface area (Å²) in [4.78, 5) is 5.81. The molecule has 108 valence electrons. The van der Waals surface area contributed by atoms with Gasteiger partial charge in [-0.2, -0.15) is 0 Å². The van der Waals surface area contributed by atoms with Crippen LogP contribution in [-0.2, 0) is 0 Å². The molecule has 0 radical (unpaired) electrons. The summed E-state index contributed by atoms with van der Waals surface area (Å²) in [5, 5.41) is 4.69. The van der Waals surface area contributed by atoms with Crippen molar-refractivity contribution >= 4 is 28.1 Å². The Kier molecular flexibility index (Phi) is 4.43. The van der Waals surface area contributed by atoms with E-state index < -0.39 is 0 Å². The number of nitrogens with zero attached hydrogens (tertiary/aromatic N) is 1. The van der Waals surface area contributed by atoms with Crippen LogP contribution in [0.4, 0.5) is 5.13 Å². The van der Waals surface area contributed by atoms with Crippen molar-refractivity contribution < 1.29 is 0 Å². The molecule has 0 saturated carbocycles. The Morgan fingerprint density at radius 1 is 1.05 bits per heavy atom. The number of aromatic nitrogens is 1. The van der Waals surface area contributed by atoms with Crippen molar-refractivity contribution in [2.75, 3.05) is 11.9 Å². The summed E-state index contributed by atoms with van der Waals surface area (Å²) < 4.78 is 0. The van der Waals surface area contributed by atoms with Crippen LogP contribution >= 0.6 is 22.9 Å². The molecule has 1 N–H and O–H groups in total. The Bertz CT molecular complexity index is 801. The third-order valence-electron chi connectivity index (χ3n) is 3.12. The summed E-state index contributed by atoms with van der Waals surface area (Å²) in [5.41, 5.74) is 3.11. The lowest BCUT2D eigenvalue weighted by molar-refractivity contribution is 1.31. The highest BCUT2D eigenvalue weighted by Crippen LogP contribution is 2.39. The topological polar surface area (TPSA) is 24.9 Å². The quantitative estimate of drug-likeness (QED) is 0.669. The number of thiazole rings is 1. The first kappa shape index (κ1) is 14.6. The van der Waals surface area contributed by atoms with E-state index in [4.69, 9.17) is 23.0 Å². The summed E-state index contributed by atoms with van der Waals surface area (Å²) in [6.07, 6.45) is 5.31. The summed E-state index contributed by atoms with van der Waals surface area (Å²) in [7, 11) is 0. The van der Waals surface area contributed by atoms with Gasteiger partial charge in [0.2, 0.25) is 0 Å². The Morgan fingerprint density at radius 3 is 2.45 bits per heavy atom. The summed E-state index contributed by atoms with van der Waals surface area (Å²) >= 11 is 7.58. The van der Waals surface area contributed by atoms with Crippen LogP contribution in [0.25, 0.3) is 21.7 Å². The van der Waals surface area contributed by atoms with Crippen LogP contribution in [0.1, 0.15) is 0 Å². The second kappa shape index (κ2) is 6.65. The molecular formula is C18H13ClN2S. The van der Waals surface area contributed by atoms with Crippen molar-refractivity contribution in [3.8, 4) is 34.0 Å². The number of anilines is 1. The van der Waals surface area contributed by atoms with E-state index in [2.05, 4.69) is 23.4 Å². The zero-order valence-corrected chi connectivity index (χ0v) is 13.3. The van der Waals surface area contributed by atoms with Gasteiger partial charge in [-0.05, 0) is 17.7 Å². The first-order chi connectivity index (χ1) is 10.8. The van der Waals surface area contributed by atoms with Crippen molar-refractivity contribution in [2.24, 2.45) is 0 Å². The molecule has 1 aromatic heterocycles. The van der Waals surface area contributed by atoms with Gasteiger partial charge in [-0.1, -0.05) is 71.3 Å². The van der Waals surface area contributed by atoms with Crippen LogP contribution < -0.4 is 5.32 Å². The Morgan fingerprint density at radius 2 is 1.77 bits per heavy atom. The Hall–Kier alpha value is -2.28. The number of halogens is 1. The van der Waals surface area contributed by atoms with Crippen LogP contribution in [0.3, 0.4) is 0 Å². The van der Waals surface area contributed by atoms with E-state index in [-0.39, 0.29) is 0 Å². The maximum absolute atomic E-state index is 5.98. The lowest BCUT2D eigenvalue weighted by Crippen LogP contribution is -1.97. The molecule has 0 amide bonds. The molecule has 0 bridgehead atoms. The van der Waals surface area contributed by atoms with E-state index in [1.54, 1.807) is 11.3 Å². The van der Waals surface area contributed by atoms with Crippen LogP contribution in [0.5, 0.6) is 0 Å². The molecule has 0 fully saturated rings. The molecule has 3 rings (SSSR count). The Balaban J connectivity index is 2.08. The van der Waals surface area contributed by atoms with E-state index in [0.29, 0.717) is 11.6 Å². The normalized spacial score (nSPS) is 10.2. The zero-order valence-electron chi connectivity index (χ0n) is 11.7. The summed E-state index contributed by atoms with van der Waals surface area (Å²) in [5.74, 6) is 2.57. The maximum atomic E-state index is 5.98. The SMILES string of the molecule is C#CCNc1nc(-c2ccc(Cl)cc2)c(-c2ccccc2)s1. The molecule has 0 aliphatic heterocycles. The van der Waals surface area contributed by atoms with Crippen molar-refractivity contribution in [3.63, 3.8) is 0 Å². The van der Waals surface area contributed by atoms with Gasteiger partial charge in [-0.3, -0.25) is 0 Å². The van der Waals surface area contributed by atoms with E-state index in [0.717, 1.165) is 26.8 Å². The third kappa shape index (κ3) is 3.14. The number of benzene rings is 2. The van der Waals surface area contributed by atoms with E-state index in [1.165, 1.54) is 0 Å². The molecule has 4 heteroatoms. The van der Waals surface area contributed by atoms with Crippen LogP contribution in [0, 0.1) is 12.3 Å². The van der Waals surface area contributed by atoms with Gasteiger partial charge in [0.1, 0.15) is 0 Å². The van der Waals surface area contributed by atoms with Gasteiger partial charge in [0.15, 0.2) is 5.13 Å². The fourth-order valence-corrected chi connectivity index (χ4v) is 3.23. The van der Waals surface area contributed by atoms with Gasteiger partial charge in [0, 0.05) is 10.6 Å². The minimum atomic E-state index is 0.460. The van der Waals surface area contributed by atoms with Gasteiger partial charge in [-0.15, -0.1) is 6.42 Å². The average molecular weight is 325 g/mol. The monoisotopic (exact) mass is 324 g/mol. The van der Waals surface area contributed by atoms with Gasteiger partial charge in [0.05, 0.1) is 17.1 Å². The molecule has 22 heavy (non-hydrogen) atoms. The molecule has 0 atom stereocenters. The summed E-state index contributed by atoms with van der Waals surface area (Å²) in [6, 6.07) is 17.9. The molecule has 1 heterocycles. The van der Waals surface area contributed by atoms with Gasteiger partial charge in [-0.25, -0.2) is 4.98 Å². The molecule has 0 unspecified atom stereocenters. The number of nitrogens with one attached hydrogen (secondary N) is 1. The smallest absolute Gasteiger partial charge is 0.184 e. The summed E-state index contributed by atoms with van der Waals surface area (Å²) in [6.45, 7) is 0.460. The van der Waals surface area contributed by atoms with E-state index in [1.807, 2.05) is 42.5 Å². The first-order valence-corrected chi connectivity index (χ1v) is 7.97. The van der Waals surface area contributed by atoms with Crippen LogP contribution in [0.15, 0.2) is 54.6 Å². The third-order valence-corrected chi connectivity index (χ3v) is 4.44. The standard InChI is InChI=1S/C18H13ClN2S/c1-2-12-20-18-21-16(13-8-10-15(19)11-9-13)17(22-18)14-6-4-3-5-7-14/h1,3-11H,12H2,(H,20,21). The van der Waals surface area contributed by atoms with Crippen molar-refractivity contribution in [2.45, 2.75) is 0 Å². The van der Waals surface area contributed by atoms with Crippen LogP contribution in [-0.4, -0.2) is 11.5 Å². The lowest BCUT2D eigenvalue weighted by atomic mass is 10.1. The highest BCUT2D eigenvalue weighted by Gasteiger charge is 2.14. The van der Waals surface area contributed by atoms with Gasteiger partial charge in [0.25, 0.3) is 0 Å². The highest BCUT2D eigenvalue weighted by atomic mass is 35.5. The van der Waals surface area contributed by atoms with Gasteiger partial charge < -0.3 is 5.32 Å². The lowest BCUT2D eigenvalue weighted by Gasteiger charge is -2.02. The fraction of sp³-hybridized carbons (Fsp3) is 0.0556. The number of terminal acetylenes is 1. The molecule has 0 aliphatic carbocycles. The minimum absolute atomic E-state index is 0.460. The van der Waals surface area contributed by atoms with Crippen molar-refractivity contribution in [3.05, 3.63) is 59.6 Å². The average Bonchev–Trinajstić information content (AvgIpc) is 2.98. The number of rotatable bonds is 4. The van der Waals surface area contributed by atoms with Crippen molar-refractivity contribution in [1.29, 1.82) is 0 Å². The second-order valence-corrected chi connectivity index (χ2v) is 6.06.